The molecule has 3 rings (SSSR count). The molecule has 2 aromatic carbocycles. The molecule has 3 aromatic rings. The molecule has 4 nitrogen and oxygen atoms in total. The van der Waals surface area contributed by atoms with E-state index in [4.69, 9.17) is 4.74 Å². The lowest BCUT2D eigenvalue weighted by molar-refractivity contribution is -0.137. The van der Waals surface area contributed by atoms with E-state index >= 15 is 0 Å². The van der Waals surface area contributed by atoms with Gasteiger partial charge in [-0.1, -0.05) is 44.5 Å². The first-order valence-electron chi connectivity index (χ1n) is 11.3. The highest BCUT2D eigenvalue weighted by Gasteiger charge is 2.30. The Hall–Kier alpha value is -3.13. The Morgan fingerprint density at radius 1 is 1.14 bits per heavy atom. The van der Waals surface area contributed by atoms with Crippen LogP contribution in [0.2, 0.25) is 0 Å². The molecule has 186 valence electrons. The second-order valence-corrected chi connectivity index (χ2v) is 9.87. The van der Waals surface area contributed by atoms with Gasteiger partial charge in [-0.15, -0.1) is 0 Å². The van der Waals surface area contributed by atoms with Crippen LogP contribution in [0.5, 0.6) is 5.75 Å². The molecule has 35 heavy (non-hydrogen) atoms. The Morgan fingerprint density at radius 3 is 2.46 bits per heavy atom. The highest BCUT2D eigenvalue weighted by Crippen LogP contribution is 2.34. The van der Waals surface area contributed by atoms with Crippen molar-refractivity contribution in [2.24, 2.45) is 0 Å². The van der Waals surface area contributed by atoms with Crippen LogP contribution in [0.25, 0.3) is 11.3 Å². The molecule has 0 amide bonds. The van der Waals surface area contributed by atoms with Crippen LogP contribution in [0.1, 0.15) is 48.3 Å². The maximum Gasteiger partial charge on any atom is 0.416 e. The number of benzene rings is 2. The van der Waals surface area contributed by atoms with Crippen molar-refractivity contribution in [3.8, 4) is 17.0 Å². The Labute approximate surface area is 206 Å². The summed E-state index contributed by atoms with van der Waals surface area (Å²) in [4.78, 5) is 5.31. The Bertz CT molecular complexity index is 1190. The van der Waals surface area contributed by atoms with Gasteiger partial charge in [-0.2, -0.15) is 13.2 Å². The molecule has 0 aliphatic rings. The second kappa shape index (κ2) is 11.5. The van der Waals surface area contributed by atoms with Crippen molar-refractivity contribution in [1.82, 2.24) is 4.98 Å². The lowest BCUT2D eigenvalue weighted by atomic mass is 10.1. The van der Waals surface area contributed by atoms with E-state index < -0.39 is 22.5 Å². The van der Waals surface area contributed by atoms with Crippen LogP contribution in [0.3, 0.4) is 0 Å². The summed E-state index contributed by atoms with van der Waals surface area (Å²) in [6.45, 7) is 7.26. The van der Waals surface area contributed by atoms with Crippen LogP contribution in [-0.2, 0) is 17.0 Å². The lowest BCUT2D eigenvalue weighted by Gasteiger charge is -2.18. The number of aliphatic hydroxyl groups excluding tert-OH is 1. The van der Waals surface area contributed by atoms with E-state index in [1.165, 1.54) is 12.1 Å². The molecule has 0 fully saturated rings. The average Bonchev–Trinajstić information content (AvgIpc) is 2.83. The van der Waals surface area contributed by atoms with E-state index in [1.54, 1.807) is 30.3 Å². The van der Waals surface area contributed by atoms with Gasteiger partial charge in [0.1, 0.15) is 18.1 Å². The van der Waals surface area contributed by atoms with Crippen LogP contribution in [0.15, 0.2) is 77.9 Å². The van der Waals surface area contributed by atoms with Gasteiger partial charge in [0.2, 0.25) is 0 Å². The van der Waals surface area contributed by atoms with E-state index in [9.17, 15) is 22.5 Å². The fraction of sp³-hybridized carbons (Fsp3) is 0.296. The minimum absolute atomic E-state index is 0.0247. The van der Waals surface area contributed by atoms with Crippen LogP contribution in [0.4, 0.5) is 13.2 Å². The molecular weight excluding hydrogens is 475 g/mol. The summed E-state index contributed by atoms with van der Waals surface area (Å²) >= 11 is 0. The molecule has 0 saturated heterocycles. The van der Waals surface area contributed by atoms with Gasteiger partial charge < -0.3 is 9.84 Å². The van der Waals surface area contributed by atoms with Crippen molar-refractivity contribution in [1.29, 1.82) is 0 Å². The van der Waals surface area contributed by atoms with Gasteiger partial charge in [-0.05, 0) is 61.4 Å². The average molecular weight is 504 g/mol. The lowest BCUT2D eigenvalue weighted by Crippen LogP contribution is -2.10. The maximum absolute atomic E-state index is 13.6. The number of pyridine rings is 1. The van der Waals surface area contributed by atoms with Crippen molar-refractivity contribution in [3.05, 3.63) is 89.8 Å². The van der Waals surface area contributed by atoms with E-state index in [0.29, 0.717) is 34.0 Å². The third kappa shape index (κ3) is 6.94. The van der Waals surface area contributed by atoms with Gasteiger partial charge in [-0.25, -0.2) is 0 Å². The van der Waals surface area contributed by atoms with Gasteiger partial charge >= 0.3 is 6.18 Å². The zero-order chi connectivity index (χ0) is 25.6. The number of ether oxygens (including phenoxy) is 1. The molecule has 0 aliphatic heterocycles. The summed E-state index contributed by atoms with van der Waals surface area (Å²) in [7, 11) is -1.42. The number of unbranched alkanes of at least 4 members (excludes halogenated alkanes) is 1. The van der Waals surface area contributed by atoms with Crippen molar-refractivity contribution in [2.75, 3.05) is 6.61 Å². The summed E-state index contributed by atoms with van der Waals surface area (Å²) < 4.78 is 57.9. The summed E-state index contributed by atoms with van der Waals surface area (Å²) in [6, 6.07) is 15.4. The number of rotatable bonds is 10. The number of aliphatic hydroxyl groups is 1. The van der Waals surface area contributed by atoms with Gasteiger partial charge in [0.25, 0.3) is 0 Å². The van der Waals surface area contributed by atoms with E-state index in [1.807, 2.05) is 13.0 Å². The first-order valence-corrected chi connectivity index (χ1v) is 12.5. The zero-order valence-corrected chi connectivity index (χ0v) is 20.5. The van der Waals surface area contributed by atoms with Crippen molar-refractivity contribution in [3.63, 3.8) is 0 Å². The highest BCUT2D eigenvalue weighted by atomic mass is 32.2. The van der Waals surface area contributed by atoms with Gasteiger partial charge in [0.15, 0.2) is 0 Å². The minimum atomic E-state index is -4.40. The smallest absolute Gasteiger partial charge is 0.416 e. The summed E-state index contributed by atoms with van der Waals surface area (Å²) in [6.07, 6.45) is -1.99. The number of hydrogen-bond donors (Lipinski definition) is 1. The standard InChI is InChI=1S/C27H28F3NO3S/c1-4-5-9-26(35(33)22-14-15-25(18(2)16-22)34-17-19(3)32)24-8-6-7-23(31-24)20-10-12-21(13-11-20)27(28,29)30/h6-8,10-16,26,32H,3-5,9,17H2,1-2H3. The van der Waals surface area contributed by atoms with E-state index in [-0.39, 0.29) is 17.6 Å². The fourth-order valence-corrected chi connectivity index (χ4v) is 5.16. The molecular formula is C27H28F3NO3S. The number of aromatic nitrogens is 1. The third-order valence-corrected chi connectivity index (χ3v) is 7.17. The minimum Gasteiger partial charge on any atom is -0.509 e. The third-order valence-electron chi connectivity index (χ3n) is 5.46. The second-order valence-electron chi connectivity index (χ2n) is 8.23. The summed E-state index contributed by atoms with van der Waals surface area (Å²) in [5.74, 6) is 0.476. The van der Waals surface area contributed by atoms with Crippen LogP contribution >= 0.6 is 0 Å². The van der Waals surface area contributed by atoms with Crippen LogP contribution in [0, 0.1) is 6.92 Å². The van der Waals surface area contributed by atoms with Gasteiger partial charge in [0, 0.05) is 10.5 Å². The van der Waals surface area contributed by atoms with Crippen molar-refractivity contribution >= 4 is 10.8 Å². The molecule has 2 unspecified atom stereocenters. The largest absolute Gasteiger partial charge is 0.509 e. The monoisotopic (exact) mass is 503 g/mol. The molecule has 0 radical (unpaired) electrons. The number of nitrogens with zero attached hydrogens (tertiary/aromatic N) is 1. The van der Waals surface area contributed by atoms with Crippen LogP contribution in [-0.4, -0.2) is 20.9 Å². The molecule has 0 saturated carbocycles. The van der Waals surface area contributed by atoms with Crippen LogP contribution < -0.4 is 4.74 Å². The zero-order valence-electron chi connectivity index (χ0n) is 19.6. The molecule has 8 heteroatoms. The number of hydrogen-bond acceptors (Lipinski definition) is 4. The van der Waals surface area contributed by atoms with Gasteiger partial charge in [-0.3, -0.25) is 9.19 Å². The SMILES string of the molecule is C=C(O)COc1ccc(S(=O)C(CCCC)c2cccc(-c3ccc(C(F)(F)F)cc3)n2)cc1C. The molecule has 0 aliphatic carbocycles. The topological polar surface area (TPSA) is 59.4 Å². The highest BCUT2D eigenvalue weighted by molar-refractivity contribution is 7.85. The molecule has 1 heterocycles. The number of alkyl halides is 3. The predicted octanol–water partition coefficient (Wildman–Crippen LogP) is 7.57. The summed E-state index contributed by atoms with van der Waals surface area (Å²) in [5, 5.41) is 8.88. The Morgan fingerprint density at radius 2 is 1.86 bits per heavy atom. The van der Waals surface area contributed by atoms with Crippen molar-refractivity contribution < 1.29 is 27.2 Å². The fourth-order valence-electron chi connectivity index (χ4n) is 3.61. The van der Waals surface area contributed by atoms with Gasteiger partial charge in [0.05, 0.1) is 33.0 Å². The molecule has 0 spiro atoms. The van der Waals surface area contributed by atoms with E-state index in [2.05, 4.69) is 18.5 Å². The maximum atomic E-state index is 13.6. The predicted molar refractivity (Wildman–Crippen MR) is 132 cm³/mol. The van der Waals surface area contributed by atoms with E-state index in [0.717, 1.165) is 30.5 Å². The Balaban J connectivity index is 1.90. The quantitative estimate of drug-likeness (QED) is 0.290. The number of aryl methyl sites for hydroxylation is 1. The normalized spacial score (nSPS) is 13.3. The van der Waals surface area contributed by atoms with Crippen molar-refractivity contribution in [2.45, 2.75) is 49.4 Å². The molecule has 1 N–H and O–H groups in total. The first-order chi connectivity index (χ1) is 16.6. The molecule has 1 aromatic heterocycles. The molecule has 0 bridgehead atoms. The Kier molecular flexibility index (Phi) is 8.72. The first kappa shape index (κ1) is 26.5. The number of halogens is 3. The summed E-state index contributed by atoms with van der Waals surface area (Å²) in [5.41, 5.74) is 1.77. The molecule has 2 atom stereocenters.